The molecule has 3 heteroatoms. The van der Waals surface area contributed by atoms with Crippen molar-refractivity contribution in [3.05, 3.63) is 0 Å². The van der Waals surface area contributed by atoms with Crippen LogP contribution in [0.25, 0.3) is 0 Å². The van der Waals surface area contributed by atoms with Gasteiger partial charge in [-0.15, -0.1) is 0 Å². The highest BCUT2D eigenvalue weighted by Crippen LogP contribution is 2.68. The van der Waals surface area contributed by atoms with Gasteiger partial charge in [0.05, 0.1) is 17.8 Å². The van der Waals surface area contributed by atoms with Gasteiger partial charge in [0.25, 0.3) is 0 Å². The highest BCUT2D eigenvalue weighted by Gasteiger charge is 2.66. The lowest BCUT2D eigenvalue weighted by Crippen LogP contribution is -2.68. The molecule has 4 rings (SSSR count). The van der Waals surface area contributed by atoms with Gasteiger partial charge in [-0.05, 0) is 74.0 Å². The molecule has 0 spiro atoms. The molecule has 0 aliphatic heterocycles. The maximum Gasteiger partial charge on any atom is 0.0985 e. The van der Waals surface area contributed by atoms with Crippen LogP contribution in [0.3, 0.4) is 0 Å². The van der Waals surface area contributed by atoms with Crippen molar-refractivity contribution in [3.63, 3.8) is 0 Å². The number of fused-ring (bicyclic) bond motifs is 5. The smallest absolute Gasteiger partial charge is 0.0985 e. The summed E-state index contributed by atoms with van der Waals surface area (Å²) in [5.41, 5.74) is -0.896. The maximum absolute atomic E-state index is 11.4. The summed E-state index contributed by atoms with van der Waals surface area (Å²) in [6.45, 7) is 7.10. The van der Waals surface area contributed by atoms with E-state index in [0.29, 0.717) is 29.6 Å². The Labute approximate surface area is 140 Å². The lowest BCUT2D eigenvalue weighted by Gasteiger charge is -2.65. The van der Waals surface area contributed by atoms with Crippen LogP contribution in [-0.4, -0.2) is 33.1 Å². The summed E-state index contributed by atoms with van der Waals surface area (Å²) >= 11 is 0. The van der Waals surface area contributed by atoms with E-state index in [1.54, 1.807) is 0 Å². The van der Waals surface area contributed by atoms with E-state index in [9.17, 15) is 15.3 Å². The van der Waals surface area contributed by atoms with Crippen molar-refractivity contribution >= 4 is 0 Å². The van der Waals surface area contributed by atoms with Crippen LogP contribution in [0.5, 0.6) is 0 Å². The first-order valence-electron chi connectivity index (χ1n) is 9.81. The largest absolute Gasteiger partial charge is 0.393 e. The number of aliphatic hydroxyl groups excluding tert-OH is 2. The van der Waals surface area contributed by atoms with Crippen molar-refractivity contribution in [1.82, 2.24) is 0 Å². The second-order valence-electron chi connectivity index (χ2n) is 9.89. The molecule has 3 nitrogen and oxygen atoms in total. The first-order valence-corrected chi connectivity index (χ1v) is 9.81. The number of hydrogen-bond acceptors (Lipinski definition) is 3. The monoisotopic (exact) mass is 322 g/mol. The molecular formula is C20H34O3. The SMILES string of the molecule is C[C@H]1CC[C@@H]2C3C[C@H](O)[C@@]4(O)C[C@@H](O)CC[C@]4(C)C3CC[C@@]21C. The summed E-state index contributed by atoms with van der Waals surface area (Å²) in [4.78, 5) is 0. The minimum absolute atomic E-state index is 0.234. The highest BCUT2D eigenvalue weighted by molar-refractivity contribution is 5.16. The van der Waals surface area contributed by atoms with Crippen LogP contribution in [0, 0.1) is 34.5 Å². The van der Waals surface area contributed by atoms with E-state index in [4.69, 9.17) is 0 Å². The molecule has 0 aromatic heterocycles. The van der Waals surface area contributed by atoms with Gasteiger partial charge >= 0.3 is 0 Å². The van der Waals surface area contributed by atoms with Crippen molar-refractivity contribution in [2.75, 3.05) is 0 Å². The molecule has 3 N–H and O–H groups in total. The van der Waals surface area contributed by atoms with Gasteiger partial charge in [0.2, 0.25) is 0 Å². The molecule has 132 valence electrons. The first kappa shape index (κ1) is 16.4. The van der Waals surface area contributed by atoms with Gasteiger partial charge in [-0.3, -0.25) is 0 Å². The molecular weight excluding hydrogens is 288 g/mol. The van der Waals surface area contributed by atoms with Crippen LogP contribution < -0.4 is 0 Å². The zero-order valence-corrected chi connectivity index (χ0v) is 15.0. The summed E-state index contributed by atoms with van der Waals surface area (Å²) in [7, 11) is 0. The van der Waals surface area contributed by atoms with Crippen molar-refractivity contribution in [3.8, 4) is 0 Å². The number of rotatable bonds is 0. The zero-order chi connectivity index (χ0) is 16.6. The predicted molar refractivity (Wildman–Crippen MR) is 89.7 cm³/mol. The van der Waals surface area contributed by atoms with Gasteiger partial charge in [0.15, 0.2) is 0 Å². The molecule has 4 aliphatic carbocycles. The minimum atomic E-state index is -1.09. The van der Waals surface area contributed by atoms with E-state index in [0.717, 1.165) is 25.2 Å². The Hall–Kier alpha value is -0.120. The quantitative estimate of drug-likeness (QED) is 0.642. The molecule has 2 unspecified atom stereocenters. The fraction of sp³-hybridized carbons (Fsp3) is 1.00. The zero-order valence-electron chi connectivity index (χ0n) is 15.0. The summed E-state index contributed by atoms with van der Waals surface area (Å²) in [5.74, 6) is 2.55. The molecule has 0 amide bonds. The Morgan fingerprint density at radius 3 is 2.39 bits per heavy atom. The second-order valence-corrected chi connectivity index (χ2v) is 9.89. The summed E-state index contributed by atoms with van der Waals surface area (Å²) in [5, 5.41) is 32.4. The Balaban J connectivity index is 1.71. The average Bonchev–Trinajstić information content (AvgIpc) is 2.79. The molecule has 9 atom stereocenters. The molecule has 0 heterocycles. The summed E-state index contributed by atoms with van der Waals surface area (Å²) < 4.78 is 0. The lowest BCUT2D eigenvalue weighted by atomic mass is 9.42. The third-order valence-electron chi connectivity index (χ3n) is 9.31. The van der Waals surface area contributed by atoms with E-state index in [1.165, 1.54) is 25.7 Å². The number of aliphatic hydroxyl groups is 3. The van der Waals surface area contributed by atoms with E-state index >= 15 is 0 Å². The Kier molecular flexibility index (Phi) is 3.52. The number of hydrogen-bond donors (Lipinski definition) is 3. The molecule has 4 aliphatic rings. The molecule has 4 fully saturated rings. The summed E-state index contributed by atoms with van der Waals surface area (Å²) in [6.07, 6.45) is 6.63. The van der Waals surface area contributed by atoms with Crippen LogP contribution >= 0.6 is 0 Å². The minimum Gasteiger partial charge on any atom is -0.393 e. The molecule has 4 saturated carbocycles. The molecule has 0 radical (unpaired) electrons. The second kappa shape index (κ2) is 4.95. The van der Waals surface area contributed by atoms with Gasteiger partial charge in [-0.1, -0.05) is 20.8 Å². The van der Waals surface area contributed by atoms with Crippen molar-refractivity contribution in [2.45, 2.75) is 89.9 Å². The van der Waals surface area contributed by atoms with E-state index in [1.807, 2.05) is 0 Å². The van der Waals surface area contributed by atoms with Gasteiger partial charge in [-0.25, -0.2) is 0 Å². The molecule has 0 saturated heterocycles. The van der Waals surface area contributed by atoms with Crippen LogP contribution in [0.15, 0.2) is 0 Å². The normalized spacial score (nSPS) is 62.3. The standard InChI is InChI=1S/C20H34O3/c1-12-4-5-15-14-10-17(22)20(23)11-13(21)6-9-19(20,3)16(14)7-8-18(12,15)2/h12-17,21-23H,4-11H2,1-3H3/t12-,13-,14?,15+,16?,17-,18+,19+,20-/m0/s1. The third-order valence-corrected chi connectivity index (χ3v) is 9.31. The van der Waals surface area contributed by atoms with Crippen molar-refractivity contribution in [1.29, 1.82) is 0 Å². The molecule has 23 heavy (non-hydrogen) atoms. The average molecular weight is 322 g/mol. The fourth-order valence-corrected chi connectivity index (χ4v) is 7.52. The molecule has 0 aromatic rings. The van der Waals surface area contributed by atoms with E-state index in [2.05, 4.69) is 20.8 Å². The molecule has 0 aromatic carbocycles. The van der Waals surface area contributed by atoms with Gasteiger partial charge in [0.1, 0.15) is 0 Å². The van der Waals surface area contributed by atoms with Gasteiger partial charge in [-0.2, -0.15) is 0 Å². The van der Waals surface area contributed by atoms with Crippen molar-refractivity contribution in [2.24, 2.45) is 34.5 Å². The predicted octanol–water partition coefficient (Wildman–Crippen LogP) is 3.11. The molecule has 0 bridgehead atoms. The van der Waals surface area contributed by atoms with Crippen LogP contribution in [0.4, 0.5) is 0 Å². The van der Waals surface area contributed by atoms with Crippen LogP contribution in [-0.2, 0) is 0 Å². The van der Waals surface area contributed by atoms with Crippen LogP contribution in [0.1, 0.15) is 72.1 Å². The van der Waals surface area contributed by atoms with E-state index in [-0.39, 0.29) is 5.41 Å². The maximum atomic E-state index is 11.4. The first-order chi connectivity index (χ1) is 10.7. The Morgan fingerprint density at radius 2 is 1.65 bits per heavy atom. The van der Waals surface area contributed by atoms with E-state index < -0.39 is 17.8 Å². The topological polar surface area (TPSA) is 60.7 Å². The van der Waals surface area contributed by atoms with Crippen molar-refractivity contribution < 1.29 is 15.3 Å². The lowest BCUT2D eigenvalue weighted by molar-refractivity contribution is -0.264. The fourth-order valence-electron chi connectivity index (χ4n) is 7.52. The highest BCUT2D eigenvalue weighted by atomic mass is 16.3. The Morgan fingerprint density at radius 1 is 0.913 bits per heavy atom. The summed E-state index contributed by atoms with van der Waals surface area (Å²) in [6, 6.07) is 0. The Bertz CT molecular complexity index is 493. The van der Waals surface area contributed by atoms with Crippen LogP contribution in [0.2, 0.25) is 0 Å². The van der Waals surface area contributed by atoms with Gasteiger partial charge in [0, 0.05) is 11.8 Å². The third kappa shape index (κ3) is 1.93. The van der Waals surface area contributed by atoms with Gasteiger partial charge < -0.3 is 15.3 Å².